The molecule has 4 rings (SSSR count). The lowest BCUT2D eigenvalue weighted by molar-refractivity contribution is -0.383. The second kappa shape index (κ2) is 6.25. The lowest BCUT2D eigenvalue weighted by Crippen LogP contribution is -2.21. The number of nitrogens with zero attached hydrogens (tertiary/aromatic N) is 5. The van der Waals surface area contributed by atoms with Crippen molar-refractivity contribution in [1.82, 2.24) is 15.0 Å². The number of hydrogen-bond acceptors (Lipinski definition) is 8. The predicted octanol–water partition coefficient (Wildman–Crippen LogP) is 3.65. The monoisotopic (exact) mass is 356 g/mol. The van der Waals surface area contributed by atoms with Crippen molar-refractivity contribution in [3.63, 3.8) is 0 Å². The summed E-state index contributed by atoms with van der Waals surface area (Å²) in [5.41, 5.74) is 1.90. The van der Waals surface area contributed by atoms with Gasteiger partial charge in [-0.25, -0.2) is 15.0 Å². The molecule has 0 aliphatic carbocycles. The highest BCUT2D eigenvalue weighted by atomic mass is 32.1. The average Bonchev–Trinajstić information content (AvgIpc) is 3.23. The number of thiazole rings is 1. The molecule has 128 valence electrons. The highest BCUT2D eigenvalue weighted by Gasteiger charge is 2.29. The van der Waals surface area contributed by atoms with E-state index in [1.165, 1.54) is 17.7 Å². The third-order valence-corrected chi connectivity index (χ3v) is 5.09. The Bertz CT molecular complexity index is 951. The molecule has 25 heavy (non-hydrogen) atoms. The van der Waals surface area contributed by atoms with Crippen molar-refractivity contribution in [2.75, 3.05) is 23.3 Å². The van der Waals surface area contributed by atoms with Crippen molar-refractivity contribution in [2.24, 2.45) is 0 Å². The van der Waals surface area contributed by atoms with Crippen LogP contribution in [0, 0.1) is 17.0 Å². The first-order valence-electron chi connectivity index (χ1n) is 8.00. The van der Waals surface area contributed by atoms with E-state index in [0.717, 1.165) is 41.7 Å². The fraction of sp³-hybridized carbons (Fsp3) is 0.312. The van der Waals surface area contributed by atoms with Crippen LogP contribution in [0.25, 0.3) is 10.2 Å². The van der Waals surface area contributed by atoms with Crippen LogP contribution >= 0.6 is 11.3 Å². The highest BCUT2D eigenvalue weighted by Crippen LogP contribution is 2.36. The topological polar surface area (TPSA) is 97.1 Å². The Morgan fingerprint density at radius 1 is 1.28 bits per heavy atom. The fourth-order valence-electron chi connectivity index (χ4n) is 2.98. The van der Waals surface area contributed by atoms with E-state index in [9.17, 15) is 10.1 Å². The van der Waals surface area contributed by atoms with Crippen LogP contribution in [0.2, 0.25) is 0 Å². The smallest absolute Gasteiger partial charge is 0.351 e. The molecule has 1 fully saturated rings. The minimum absolute atomic E-state index is 0.0974. The Morgan fingerprint density at radius 3 is 2.84 bits per heavy atom. The zero-order chi connectivity index (χ0) is 17.4. The maximum absolute atomic E-state index is 11.6. The number of nitro groups is 1. The van der Waals surface area contributed by atoms with Gasteiger partial charge in [-0.15, -0.1) is 0 Å². The molecule has 3 heterocycles. The minimum Gasteiger partial charge on any atom is -0.351 e. The predicted molar refractivity (Wildman–Crippen MR) is 97.8 cm³/mol. The van der Waals surface area contributed by atoms with Crippen molar-refractivity contribution in [3.05, 3.63) is 40.2 Å². The second-order valence-corrected chi connectivity index (χ2v) is 6.99. The van der Waals surface area contributed by atoms with Gasteiger partial charge in [-0.2, -0.15) is 0 Å². The lowest BCUT2D eigenvalue weighted by Gasteiger charge is -2.16. The van der Waals surface area contributed by atoms with Gasteiger partial charge in [0.15, 0.2) is 5.13 Å². The summed E-state index contributed by atoms with van der Waals surface area (Å²) in [5, 5.41) is 15.2. The van der Waals surface area contributed by atoms with Crippen molar-refractivity contribution in [1.29, 1.82) is 0 Å². The standard InChI is InChI=1S/C16H16N6O2S/c1-10-4-5-11-12(8-10)25-16(19-11)20-14-13(22(23)24)15(18-9-17-14)21-6-2-3-7-21/h4-5,8-9H,2-3,6-7H2,1H3,(H,17,18,19,20). The normalized spacial score (nSPS) is 14.2. The largest absolute Gasteiger partial charge is 0.353 e. The third kappa shape index (κ3) is 2.98. The van der Waals surface area contributed by atoms with Gasteiger partial charge in [0.1, 0.15) is 6.33 Å². The van der Waals surface area contributed by atoms with Crippen molar-refractivity contribution >= 4 is 44.0 Å². The third-order valence-electron chi connectivity index (χ3n) is 4.16. The Hall–Kier alpha value is -2.81. The molecule has 0 saturated carbocycles. The molecule has 1 aromatic carbocycles. The van der Waals surface area contributed by atoms with Gasteiger partial charge < -0.3 is 10.2 Å². The van der Waals surface area contributed by atoms with Crippen molar-refractivity contribution in [3.8, 4) is 0 Å². The number of hydrogen-bond donors (Lipinski definition) is 1. The number of aromatic nitrogens is 3. The number of anilines is 3. The second-order valence-electron chi connectivity index (χ2n) is 5.96. The van der Waals surface area contributed by atoms with E-state index in [4.69, 9.17) is 0 Å². The fourth-order valence-corrected chi connectivity index (χ4v) is 3.94. The molecule has 2 aromatic heterocycles. The summed E-state index contributed by atoms with van der Waals surface area (Å²) < 4.78 is 1.03. The van der Waals surface area contributed by atoms with Crippen LogP contribution in [0.5, 0.6) is 0 Å². The van der Waals surface area contributed by atoms with E-state index in [2.05, 4.69) is 20.3 Å². The van der Waals surface area contributed by atoms with E-state index >= 15 is 0 Å². The van der Waals surface area contributed by atoms with Gasteiger partial charge in [0.2, 0.25) is 11.6 Å². The summed E-state index contributed by atoms with van der Waals surface area (Å²) in [4.78, 5) is 25.9. The van der Waals surface area contributed by atoms with Crippen LogP contribution in [-0.4, -0.2) is 33.0 Å². The molecule has 0 spiro atoms. The molecule has 0 amide bonds. The van der Waals surface area contributed by atoms with Gasteiger partial charge in [0.25, 0.3) is 0 Å². The summed E-state index contributed by atoms with van der Waals surface area (Å²) in [6, 6.07) is 5.98. The lowest BCUT2D eigenvalue weighted by atomic mass is 10.2. The van der Waals surface area contributed by atoms with Crippen LogP contribution in [0.15, 0.2) is 24.5 Å². The highest BCUT2D eigenvalue weighted by molar-refractivity contribution is 7.22. The van der Waals surface area contributed by atoms with Crippen molar-refractivity contribution in [2.45, 2.75) is 19.8 Å². The number of nitrogens with one attached hydrogen (secondary N) is 1. The molecule has 0 bridgehead atoms. The van der Waals surface area contributed by atoms with Crippen molar-refractivity contribution < 1.29 is 4.92 Å². The number of rotatable bonds is 4. The zero-order valence-corrected chi connectivity index (χ0v) is 14.4. The van der Waals surface area contributed by atoms with Crippen LogP contribution in [0.4, 0.5) is 22.5 Å². The Kier molecular flexibility index (Phi) is 3.92. The molecule has 0 atom stereocenters. The first-order chi connectivity index (χ1) is 12.1. The van der Waals surface area contributed by atoms with E-state index < -0.39 is 4.92 Å². The van der Waals surface area contributed by atoms with Gasteiger partial charge in [-0.1, -0.05) is 17.4 Å². The van der Waals surface area contributed by atoms with Gasteiger partial charge in [0.05, 0.1) is 15.1 Å². The summed E-state index contributed by atoms with van der Waals surface area (Å²) in [6.07, 6.45) is 3.39. The summed E-state index contributed by atoms with van der Waals surface area (Å²) in [7, 11) is 0. The van der Waals surface area contributed by atoms with E-state index in [0.29, 0.717) is 10.9 Å². The van der Waals surface area contributed by atoms with Gasteiger partial charge in [-0.3, -0.25) is 10.1 Å². The van der Waals surface area contributed by atoms with Crippen LogP contribution < -0.4 is 10.2 Å². The number of benzene rings is 1. The zero-order valence-electron chi connectivity index (χ0n) is 13.6. The van der Waals surface area contributed by atoms with E-state index in [1.54, 1.807) is 0 Å². The van der Waals surface area contributed by atoms with Gasteiger partial charge in [-0.05, 0) is 37.5 Å². The number of aryl methyl sites for hydroxylation is 1. The van der Waals surface area contributed by atoms with E-state index in [-0.39, 0.29) is 11.5 Å². The minimum atomic E-state index is -0.423. The van der Waals surface area contributed by atoms with Crippen LogP contribution in [0.3, 0.4) is 0 Å². The summed E-state index contributed by atoms with van der Waals surface area (Å²) >= 11 is 1.45. The molecule has 0 radical (unpaired) electrons. The SMILES string of the molecule is Cc1ccc2nc(Nc3ncnc(N4CCCC4)c3[N+](=O)[O-])sc2c1. The molecule has 1 aliphatic heterocycles. The molecule has 8 nitrogen and oxygen atoms in total. The Labute approximate surface area is 147 Å². The molecular weight excluding hydrogens is 340 g/mol. The maximum atomic E-state index is 11.6. The first-order valence-corrected chi connectivity index (χ1v) is 8.82. The molecule has 0 unspecified atom stereocenters. The molecule has 1 aliphatic rings. The number of fused-ring (bicyclic) bond motifs is 1. The summed E-state index contributed by atoms with van der Waals surface area (Å²) in [6.45, 7) is 3.57. The average molecular weight is 356 g/mol. The van der Waals surface area contributed by atoms with E-state index in [1.807, 2.05) is 30.0 Å². The molecule has 9 heteroatoms. The molecule has 1 N–H and O–H groups in total. The molecule has 3 aromatic rings. The maximum Gasteiger partial charge on any atom is 0.353 e. The molecular formula is C16H16N6O2S. The van der Waals surface area contributed by atoms with Gasteiger partial charge in [0, 0.05) is 13.1 Å². The Balaban J connectivity index is 1.73. The first kappa shape index (κ1) is 15.7. The van der Waals surface area contributed by atoms with Crippen LogP contribution in [0.1, 0.15) is 18.4 Å². The Morgan fingerprint density at radius 2 is 2.08 bits per heavy atom. The van der Waals surface area contributed by atoms with Gasteiger partial charge >= 0.3 is 5.69 Å². The molecule has 1 saturated heterocycles. The quantitative estimate of drug-likeness (QED) is 0.563. The summed E-state index contributed by atoms with van der Waals surface area (Å²) in [5.74, 6) is 0.551. The van der Waals surface area contributed by atoms with Crippen LogP contribution in [-0.2, 0) is 0 Å².